The van der Waals surface area contributed by atoms with Crippen molar-refractivity contribution < 1.29 is 64.2 Å². The number of aliphatic hydroxyl groups excluding tert-OH is 5. The number of rotatable bonds is 19. The molecule has 2 aliphatic heterocycles. The number of nitrogens with one attached hydrogen (secondary N) is 1. The highest BCUT2D eigenvalue weighted by Gasteiger charge is 2.51. The molecular formula is C37H72N2O13. The molecule has 0 aromatic heterocycles. The number of amides is 1. The number of carbonyl (C=O) groups excluding carboxylic acids is 1. The van der Waals surface area contributed by atoms with Crippen LogP contribution in [0.15, 0.2) is 0 Å². The number of nitrogens with zero attached hydrogens (tertiary/aromatic N) is 1. The highest BCUT2D eigenvalue weighted by Crippen LogP contribution is 2.39. The number of hydrogen-bond acceptors (Lipinski definition) is 14. The topological polar surface area (TPSA) is 220 Å². The minimum atomic E-state index is -1.92. The predicted octanol–water partition coefficient (Wildman–Crippen LogP) is 0.513. The van der Waals surface area contributed by atoms with Crippen LogP contribution >= 0.6 is 0 Å². The van der Waals surface area contributed by atoms with Crippen molar-refractivity contribution in [3.8, 4) is 0 Å². The molecular weight excluding hydrogens is 680 g/mol. The van der Waals surface area contributed by atoms with Gasteiger partial charge in [-0.2, -0.15) is 0 Å². The van der Waals surface area contributed by atoms with E-state index in [0.717, 1.165) is 0 Å². The summed E-state index contributed by atoms with van der Waals surface area (Å²) in [6, 6.07) is -1.31. The minimum Gasteiger partial charge on any atom is -0.396 e. The summed E-state index contributed by atoms with van der Waals surface area (Å²) >= 11 is 0. The van der Waals surface area contributed by atoms with Gasteiger partial charge in [0.2, 0.25) is 5.91 Å². The van der Waals surface area contributed by atoms with Gasteiger partial charge in [-0.15, -0.1) is 0 Å². The van der Waals surface area contributed by atoms with E-state index in [1.54, 1.807) is 48.5 Å². The van der Waals surface area contributed by atoms with E-state index in [4.69, 9.17) is 23.7 Å². The van der Waals surface area contributed by atoms with Crippen LogP contribution in [0, 0.1) is 17.8 Å². The van der Waals surface area contributed by atoms with Gasteiger partial charge in [0.25, 0.3) is 0 Å². The van der Waals surface area contributed by atoms with Crippen molar-refractivity contribution in [3.05, 3.63) is 0 Å². The fourth-order valence-corrected chi connectivity index (χ4v) is 7.86. The Bertz CT molecular complexity index is 1100. The van der Waals surface area contributed by atoms with Crippen molar-refractivity contribution in [2.75, 3.05) is 27.8 Å². The van der Waals surface area contributed by atoms with Crippen molar-refractivity contribution in [1.29, 1.82) is 0 Å². The summed E-state index contributed by atoms with van der Waals surface area (Å²) in [6.07, 6.45) is -9.30. The van der Waals surface area contributed by atoms with E-state index in [9.17, 15) is 40.5 Å². The van der Waals surface area contributed by atoms with Gasteiger partial charge in [-0.1, -0.05) is 27.7 Å². The van der Waals surface area contributed by atoms with E-state index in [1.165, 1.54) is 21.0 Å². The van der Waals surface area contributed by atoms with Gasteiger partial charge in [-0.05, 0) is 80.8 Å². The maximum Gasteiger partial charge on any atom is 0.225 e. The molecule has 0 saturated carbocycles. The second kappa shape index (κ2) is 19.2. The molecule has 308 valence electrons. The molecule has 2 fully saturated rings. The highest BCUT2D eigenvalue weighted by molar-refractivity contribution is 5.79. The third-order valence-corrected chi connectivity index (χ3v) is 11.4. The van der Waals surface area contributed by atoms with Crippen LogP contribution in [0.1, 0.15) is 94.9 Å². The Morgan fingerprint density at radius 1 is 1.06 bits per heavy atom. The van der Waals surface area contributed by atoms with Crippen LogP contribution in [0.3, 0.4) is 0 Å². The Kier molecular flexibility index (Phi) is 17.4. The van der Waals surface area contributed by atoms with Gasteiger partial charge in [-0.25, -0.2) is 0 Å². The van der Waals surface area contributed by atoms with Crippen LogP contribution in [-0.2, 0) is 28.5 Å². The van der Waals surface area contributed by atoms with E-state index in [2.05, 4.69) is 5.32 Å². The third-order valence-electron chi connectivity index (χ3n) is 11.4. The molecule has 18 atom stereocenters. The largest absolute Gasteiger partial charge is 0.396 e. The van der Waals surface area contributed by atoms with E-state index in [1.807, 2.05) is 25.9 Å². The fraction of sp³-hybridized carbons (Fsp3) is 0.973. The summed E-state index contributed by atoms with van der Waals surface area (Å²) < 4.78 is 31.1. The minimum absolute atomic E-state index is 0.0875. The van der Waals surface area contributed by atoms with Crippen LogP contribution in [0.25, 0.3) is 0 Å². The van der Waals surface area contributed by atoms with Crippen LogP contribution in [0.5, 0.6) is 0 Å². The van der Waals surface area contributed by atoms with Crippen molar-refractivity contribution in [2.24, 2.45) is 17.8 Å². The second-order valence-electron chi connectivity index (χ2n) is 16.6. The summed E-state index contributed by atoms with van der Waals surface area (Å²) in [7, 11) is 5.18. The molecule has 0 radical (unpaired) electrons. The Labute approximate surface area is 310 Å². The first kappa shape index (κ1) is 47.1. The Balaban J connectivity index is 2.61. The van der Waals surface area contributed by atoms with Gasteiger partial charge in [0.1, 0.15) is 23.9 Å². The zero-order valence-corrected chi connectivity index (χ0v) is 33.7. The number of ether oxygens (including phenoxy) is 5. The van der Waals surface area contributed by atoms with E-state index >= 15 is 0 Å². The van der Waals surface area contributed by atoms with Crippen molar-refractivity contribution >= 4 is 5.91 Å². The lowest BCUT2D eigenvalue weighted by atomic mass is 9.77. The summed E-state index contributed by atoms with van der Waals surface area (Å²) in [5.41, 5.74) is -4.62. The molecule has 52 heavy (non-hydrogen) atoms. The molecule has 0 spiro atoms. The maximum absolute atomic E-state index is 14.1. The molecule has 0 aromatic carbocycles. The van der Waals surface area contributed by atoms with Gasteiger partial charge < -0.3 is 69.6 Å². The average molecular weight is 753 g/mol. The van der Waals surface area contributed by atoms with Gasteiger partial charge in [0.15, 0.2) is 12.6 Å². The van der Waals surface area contributed by atoms with Gasteiger partial charge in [0, 0.05) is 32.1 Å². The zero-order chi connectivity index (χ0) is 40.1. The van der Waals surface area contributed by atoms with Crippen LogP contribution in [0.4, 0.5) is 0 Å². The SMILES string of the molecule is CC[C@@H](O)[C@@](C)(O)[C@H](O)[C@@H](C)NC(=O)[C@H](C)[C@@H](O[C@H]1C[C@@](C)(OC)[C@@H](O)[C@H](C)O1)[C@H](C)[C@@H](O[C@@H]1O[C@H](C)C[C@H](N(C)C)[C@H]1O)[C@](C)(O)C[C@H](C)CO. The standard InChI is InChI=1S/C37H72N2O13/c1-14-26(41)37(10,47)30(43)23(6)38-33(45)22(5)29(51-27-17-36(9,48-13)31(44)24(7)50-27)21(4)32(35(8,46)16-19(2)18-40)52-34-28(42)25(39(11)12)15-20(3)49-34/h19-32,34,40-44,46-47H,14-18H2,1-13H3,(H,38,45)/t19-,20+,21-,22+,23+,24-,25-,26+,27-,28+,29-,30+,31-,32+,34-,35+,36+,37+/m0/s1. The summed E-state index contributed by atoms with van der Waals surface area (Å²) in [4.78, 5) is 15.9. The maximum atomic E-state index is 14.1. The lowest BCUT2D eigenvalue weighted by molar-refractivity contribution is -0.317. The fourth-order valence-electron chi connectivity index (χ4n) is 7.86. The molecule has 0 unspecified atom stereocenters. The predicted molar refractivity (Wildman–Crippen MR) is 193 cm³/mol. The van der Waals surface area contributed by atoms with Crippen LogP contribution in [-0.4, -0.2) is 165 Å². The Hall–Kier alpha value is -1.05. The first-order valence-corrected chi connectivity index (χ1v) is 18.8. The molecule has 15 nitrogen and oxygen atoms in total. The monoisotopic (exact) mass is 753 g/mol. The molecule has 0 aliphatic carbocycles. The quantitative estimate of drug-likeness (QED) is 0.0902. The smallest absolute Gasteiger partial charge is 0.225 e. The number of aliphatic hydroxyl groups is 7. The number of hydrogen-bond donors (Lipinski definition) is 8. The molecule has 1 amide bonds. The van der Waals surface area contributed by atoms with E-state index < -0.39 is 95.9 Å². The molecule has 0 aromatic rings. The Morgan fingerprint density at radius 3 is 2.17 bits per heavy atom. The molecule has 2 rings (SSSR count). The third kappa shape index (κ3) is 11.3. The van der Waals surface area contributed by atoms with Crippen molar-refractivity contribution in [1.82, 2.24) is 10.2 Å². The molecule has 15 heteroatoms. The van der Waals surface area contributed by atoms with E-state index in [-0.39, 0.29) is 43.9 Å². The van der Waals surface area contributed by atoms with Gasteiger partial charge in [0.05, 0.1) is 53.7 Å². The Morgan fingerprint density at radius 2 is 1.65 bits per heavy atom. The van der Waals surface area contributed by atoms with Crippen LogP contribution < -0.4 is 5.32 Å². The normalized spacial score (nSPS) is 35.7. The summed E-state index contributed by atoms with van der Waals surface area (Å²) in [6.45, 7) is 16.3. The average Bonchev–Trinajstić information content (AvgIpc) is 3.07. The zero-order valence-electron chi connectivity index (χ0n) is 33.7. The van der Waals surface area contributed by atoms with Crippen molar-refractivity contribution in [2.45, 2.75) is 185 Å². The lowest BCUT2D eigenvalue weighted by Gasteiger charge is -2.48. The first-order chi connectivity index (χ1) is 23.9. The van der Waals surface area contributed by atoms with Gasteiger partial charge >= 0.3 is 0 Å². The second-order valence-corrected chi connectivity index (χ2v) is 16.6. The highest BCUT2D eigenvalue weighted by atomic mass is 16.7. The number of likely N-dealkylation sites (N-methyl/N-ethyl adjacent to an activating group) is 1. The molecule has 2 heterocycles. The summed E-state index contributed by atoms with van der Waals surface area (Å²) in [5.74, 6) is -2.75. The summed E-state index contributed by atoms with van der Waals surface area (Å²) in [5, 5.41) is 79.4. The molecule has 8 N–H and O–H groups in total. The first-order valence-electron chi connectivity index (χ1n) is 18.8. The number of methoxy groups -OCH3 is 1. The van der Waals surface area contributed by atoms with Gasteiger partial charge in [-0.3, -0.25) is 4.79 Å². The van der Waals surface area contributed by atoms with E-state index in [0.29, 0.717) is 6.42 Å². The van der Waals surface area contributed by atoms with Crippen molar-refractivity contribution in [3.63, 3.8) is 0 Å². The molecule has 2 aliphatic rings. The lowest BCUT2D eigenvalue weighted by Crippen LogP contribution is -2.61. The molecule has 0 bridgehead atoms. The van der Waals surface area contributed by atoms with Crippen LogP contribution in [0.2, 0.25) is 0 Å². The number of carbonyl (C=O) groups is 1. The molecule has 2 saturated heterocycles.